The lowest BCUT2D eigenvalue weighted by atomic mass is 10.2. The van der Waals surface area contributed by atoms with Crippen molar-refractivity contribution in [2.75, 3.05) is 6.54 Å². The zero-order valence-electron chi connectivity index (χ0n) is 11.8. The summed E-state index contributed by atoms with van der Waals surface area (Å²) in [5, 5.41) is 3.33. The molecule has 0 aliphatic heterocycles. The van der Waals surface area contributed by atoms with Gasteiger partial charge in [-0.2, -0.15) is 0 Å². The van der Waals surface area contributed by atoms with Gasteiger partial charge in [-0.25, -0.2) is 0 Å². The molecule has 0 spiro atoms. The maximum absolute atomic E-state index is 5.79. The molecule has 0 aliphatic rings. The molecule has 0 saturated heterocycles. The van der Waals surface area contributed by atoms with Crippen molar-refractivity contribution in [3.8, 4) is 0 Å². The summed E-state index contributed by atoms with van der Waals surface area (Å²) in [7, 11) is 0. The molecule has 19 heavy (non-hydrogen) atoms. The van der Waals surface area contributed by atoms with Gasteiger partial charge in [0.1, 0.15) is 11.5 Å². The van der Waals surface area contributed by atoms with Gasteiger partial charge >= 0.3 is 0 Å². The first-order chi connectivity index (χ1) is 9.31. The lowest BCUT2D eigenvalue weighted by Gasteiger charge is -2.01. The van der Waals surface area contributed by atoms with E-state index in [-0.39, 0.29) is 0 Å². The van der Waals surface area contributed by atoms with E-state index in [2.05, 4.69) is 36.3 Å². The first-order valence-corrected chi connectivity index (χ1v) is 7.04. The average Bonchev–Trinajstić information content (AvgIpc) is 2.88. The number of furan rings is 1. The van der Waals surface area contributed by atoms with E-state index >= 15 is 0 Å². The molecule has 3 heteroatoms. The van der Waals surface area contributed by atoms with Crippen LogP contribution in [0, 0.1) is 0 Å². The predicted octanol–water partition coefficient (Wildman–Crippen LogP) is 3.33. The predicted molar refractivity (Wildman–Crippen MR) is 77.1 cm³/mol. The van der Waals surface area contributed by atoms with E-state index in [1.165, 1.54) is 5.56 Å². The van der Waals surface area contributed by atoms with Crippen LogP contribution in [0.25, 0.3) is 0 Å². The van der Waals surface area contributed by atoms with Gasteiger partial charge in [0.05, 0.1) is 6.54 Å². The van der Waals surface area contributed by atoms with Gasteiger partial charge in [0.15, 0.2) is 0 Å². The molecular formula is C16H22N2O. The molecule has 2 aromatic heterocycles. The number of hydrogen-bond acceptors (Lipinski definition) is 3. The Morgan fingerprint density at radius 2 is 1.95 bits per heavy atom. The van der Waals surface area contributed by atoms with Crippen molar-refractivity contribution in [2.45, 2.75) is 39.7 Å². The molecule has 0 atom stereocenters. The van der Waals surface area contributed by atoms with Crippen LogP contribution >= 0.6 is 0 Å². The zero-order chi connectivity index (χ0) is 13.5. The molecule has 0 aliphatic carbocycles. The van der Waals surface area contributed by atoms with E-state index in [0.717, 1.165) is 49.6 Å². The summed E-state index contributed by atoms with van der Waals surface area (Å²) in [5.41, 5.74) is 2.33. The highest BCUT2D eigenvalue weighted by Gasteiger charge is 2.04. The Kier molecular flexibility index (Phi) is 5.16. The smallest absolute Gasteiger partial charge is 0.117 e. The molecule has 2 aromatic rings. The van der Waals surface area contributed by atoms with Crippen LogP contribution in [-0.2, 0) is 19.4 Å². The van der Waals surface area contributed by atoms with Crippen LogP contribution in [0.1, 0.15) is 43.0 Å². The van der Waals surface area contributed by atoms with Gasteiger partial charge in [0, 0.05) is 18.3 Å². The molecule has 0 bridgehead atoms. The molecule has 102 valence electrons. The SMILES string of the molecule is CCCNCc1ccc(Cc2ccc(CC)cn2)o1. The van der Waals surface area contributed by atoms with Crippen LogP contribution in [0.5, 0.6) is 0 Å². The summed E-state index contributed by atoms with van der Waals surface area (Å²) in [6.45, 7) is 6.12. The highest BCUT2D eigenvalue weighted by atomic mass is 16.3. The van der Waals surface area contributed by atoms with Gasteiger partial charge < -0.3 is 9.73 Å². The van der Waals surface area contributed by atoms with Crippen molar-refractivity contribution in [3.63, 3.8) is 0 Å². The van der Waals surface area contributed by atoms with Gasteiger partial charge in [-0.3, -0.25) is 4.98 Å². The third-order valence-corrected chi connectivity index (χ3v) is 3.09. The third-order valence-electron chi connectivity index (χ3n) is 3.09. The van der Waals surface area contributed by atoms with Crippen molar-refractivity contribution in [2.24, 2.45) is 0 Å². The van der Waals surface area contributed by atoms with E-state index in [1.54, 1.807) is 0 Å². The lowest BCUT2D eigenvalue weighted by Crippen LogP contribution is -2.13. The minimum absolute atomic E-state index is 0.762. The van der Waals surface area contributed by atoms with E-state index < -0.39 is 0 Å². The van der Waals surface area contributed by atoms with E-state index in [4.69, 9.17) is 4.42 Å². The standard InChI is InChI=1S/C16H22N2O/c1-3-9-17-12-16-8-7-15(19-16)10-14-6-5-13(4-2)11-18-14/h5-8,11,17H,3-4,9-10,12H2,1-2H3. The fourth-order valence-electron chi connectivity index (χ4n) is 1.95. The molecule has 0 aromatic carbocycles. The van der Waals surface area contributed by atoms with Crippen molar-refractivity contribution in [1.82, 2.24) is 10.3 Å². The van der Waals surface area contributed by atoms with Crippen molar-refractivity contribution in [3.05, 3.63) is 53.2 Å². The second-order valence-corrected chi connectivity index (χ2v) is 4.73. The fraction of sp³-hybridized carbons (Fsp3) is 0.438. The second kappa shape index (κ2) is 7.10. The average molecular weight is 258 g/mol. The summed E-state index contributed by atoms with van der Waals surface area (Å²) >= 11 is 0. The number of nitrogens with zero attached hydrogens (tertiary/aromatic N) is 1. The second-order valence-electron chi connectivity index (χ2n) is 4.73. The molecule has 2 rings (SSSR count). The number of nitrogens with one attached hydrogen (secondary N) is 1. The molecule has 3 nitrogen and oxygen atoms in total. The number of pyridine rings is 1. The van der Waals surface area contributed by atoms with Gasteiger partial charge in [0.2, 0.25) is 0 Å². The van der Waals surface area contributed by atoms with E-state index in [0.29, 0.717) is 0 Å². The minimum atomic E-state index is 0.762. The molecular weight excluding hydrogens is 236 g/mol. The summed E-state index contributed by atoms with van der Waals surface area (Å²) < 4.78 is 5.79. The number of hydrogen-bond donors (Lipinski definition) is 1. The molecule has 0 saturated carbocycles. The third kappa shape index (κ3) is 4.21. The Balaban J connectivity index is 1.91. The van der Waals surface area contributed by atoms with Crippen LogP contribution in [0.4, 0.5) is 0 Å². The fourth-order valence-corrected chi connectivity index (χ4v) is 1.95. The van der Waals surface area contributed by atoms with Crippen molar-refractivity contribution >= 4 is 0 Å². The van der Waals surface area contributed by atoms with Crippen LogP contribution in [0.3, 0.4) is 0 Å². The van der Waals surface area contributed by atoms with E-state index in [1.807, 2.05) is 18.3 Å². The molecule has 1 N–H and O–H groups in total. The van der Waals surface area contributed by atoms with Gasteiger partial charge in [-0.1, -0.05) is 19.9 Å². The van der Waals surface area contributed by atoms with Crippen LogP contribution < -0.4 is 5.32 Å². The lowest BCUT2D eigenvalue weighted by molar-refractivity contribution is 0.453. The minimum Gasteiger partial charge on any atom is -0.464 e. The number of aromatic nitrogens is 1. The maximum Gasteiger partial charge on any atom is 0.117 e. The topological polar surface area (TPSA) is 38.1 Å². The monoisotopic (exact) mass is 258 g/mol. The summed E-state index contributed by atoms with van der Waals surface area (Å²) in [6, 6.07) is 8.29. The number of rotatable bonds is 7. The quantitative estimate of drug-likeness (QED) is 0.774. The molecule has 2 heterocycles. The maximum atomic E-state index is 5.79. The molecule has 0 fully saturated rings. The Morgan fingerprint density at radius 1 is 1.11 bits per heavy atom. The van der Waals surface area contributed by atoms with E-state index in [9.17, 15) is 0 Å². The zero-order valence-corrected chi connectivity index (χ0v) is 11.8. The Hall–Kier alpha value is -1.61. The first kappa shape index (κ1) is 13.8. The van der Waals surface area contributed by atoms with Gasteiger partial charge in [-0.15, -0.1) is 0 Å². The summed E-state index contributed by atoms with van der Waals surface area (Å²) in [5.74, 6) is 1.97. The normalized spacial score (nSPS) is 10.8. The number of aryl methyl sites for hydroxylation is 1. The molecule has 0 amide bonds. The largest absolute Gasteiger partial charge is 0.464 e. The van der Waals surface area contributed by atoms with Crippen LogP contribution in [0.2, 0.25) is 0 Å². The Labute approximate surface area is 115 Å². The van der Waals surface area contributed by atoms with Crippen LogP contribution in [0.15, 0.2) is 34.9 Å². The van der Waals surface area contributed by atoms with Gasteiger partial charge in [-0.05, 0) is 43.1 Å². The highest BCUT2D eigenvalue weighted by molar-refractivity contribution is 5.19. The van der Waals surface area contributed by atoms with Crippen molar-refractivity contribution in [1.29, 1.82) is 0 Å². The van der Waals surface area contributed by atoms with Crippen molar-refractivity contribution < 1.29 is 4.42 Å². The first-order valence-electron chi connectivity index (χ1n) is 7.04. The van der Waals surface area contributed by atoms with Gasteiger partial charge in [0.25, 0.3) is 0 Å². The highest BCUT2D eigenvalue weighted by Crippen LogP contribution is 2.12. The Morgan fingerprint density at radius 3 is 2.63 bits per heavy atom. The summed E-state index contributed by atoms with van der Waals surface area (Å²) in [4.78, 5) is 4.45. The Bertz CT molecular complexity index is 488. The molecule has 0 radical (unpaired) electrons. The van der Waals surface area contributed by atoms with Crippen LogP contribution in [-0.4, -0.2) is 11.5 Å². The summed E-state index contributed by atoms with van der Waals surface area (Å²) in [6.07, 6.45) is 4.88. The molecule has 0 unspecified atom stereocenters.